The second kappa shape index (κ2) is 5.12. The van der Waals surface area contributed by atoms with Gasteiger partial charge in [0.05, 0.1) is 18.7 Å². The van der Waals surface area contributed by atoms with Crippen LogP contribution in [0.4, 0.5) is 0 Å². The van der Waals surface area contributed by atoms with Crippen molar-refractivity contribution in [3.63, 3.8) is 0 Å². The van der Waals surface area contributed by atoms with Crippen molar-refractivity contribution in [3.8, 4) is 6.07 Å². The van der Waals surface area contributed by atoms with E-state index < -0.39 is 5.54 Å². The van der Waals surface area contributed by atoms with E-state index in [-0.39, 0.29) is 6.61 Å². The lowest BCUT2D eigenvalue weighted by molar-refractivity contribution is 0.156. The van der Waals surface area contributed by atoms with Crippen molar-refractivity contribution in [1.82, 2.24) is 5.32 Å². The molecule has 0 fully saturated rings. The Morgan fingerprint density at radius 3 is 2.90 bits per heavy atom. The molecule has 0 saturated carbocycles. The Morgan fingerprint density at radius 2 is 2.15 bits per heavy atom. The zero-order chi connectivity index (χ0) is 14.0. The molecule has 0 bridgehead atoms. The number of aliphatic hydroxyl groups excluding tert-OH is 1. The van der Waals surface area contributed by atoms with Gasteiger partial charge < -0.3 is 9.52 Å². The molecular weight excluding hydrogens is 252 g/mol. The van der Waals surface area contributed by atoms with Crippen LogP contribution < -0.4 is 5.32 Å². The fraction of sp³-hybridized carbons (Fsp3) is 0.312. The molecule has 1 aromatic heterocycles. The van der Waals surface area contributed by atoms with Crippen LogP contribution >= 0.6 is 0 Å². The molecule has 1 heterocycles. The molecule has 1 unspecified atom stereocenters. The van der Waals surface area contributed by atoms with Gasteiger partial charge in [-0.25, -0.2) is 0 Å². The molecule has 0 amide bonds. The van der Waals surface area contributed by atoms with E-state index in [0.717, 1.165) is 18.4 Å². The average Bonchev–Trinajstić information content (AvgIpc) is 3.10. The van der Waals surface area contributed by atoms with E-state index in [0.29, 0.717) is 18.1 Å². The van der Waals surface area contributed by atoms with E-state index in [9.17, 15) is 5.11 Å². The summed E-state index contributed by atoms with van der Waals surface area (Å²) in [7, 11) is 0. The Kier molecular flexibility index (Phi) is 3.31. The summed E-state index contributed by atoms with van der Waals surface area (Å²) in [5.41, 5.74) is 2.04. The largest absolute Gasteiger partial charge is 0.449 e. The molecule has 0 aliphatic heterocycles. The molecule has 2 aromatic rings. The van der Waals surface area contributed by atoms with Crippen molar-refractivity contribution >= 4 is 0 Å². The van der Waals surface area contributed by atoms with Crippen LogP contribution in [0.5, 0.6) is 0 Å². The number of hydrogen-bond acceptors (Lipinski definition) is 4. The molecule has 3 rings (SSSR count). The first kappa shape index (κ1) is 12.9. The summed E-state index contributed by atoms with van der Waals surface area (Å²) in [5, 5.41) is 22.0. The van der Waals surface area contributed by atoms with Crippen molar-refractivity contribution < 1.29 is 9.52 Å². The molecule has 0 saturated heterocycles. The van der Waals surface area contributed by atoms with E-state index in [4.69, 9.17) is 9.68 Å². The van der Waals surface area contributed by atoms with Gasteiger partial charge in [0, 0.05) is 0 Å². The topological polar surface area (TPSA) is 69.2 Å². The van der Waals surface area contributed by atoms with Gasteiger partial charge in [-0.05, 0) is 36.1 Å². The summed E-state index contributed by atoms with van der Waals surface area (Å²) in [4.78, 5) is 0. The molecule has 1 atom stereocenters. The molecule has 2 N–H and O–H groups in total. The maximum atomic E-state index is 9.85. The van der Waals surface area contributed by atoms with Crippen molar-refractivity contribution in [3.05, 3.63) is 59.0 Å². The first-order chi connectivity index (χ1) is 9.77. The van der Waals surface area contributed by atoms with Crippen LogP contribution in [0.1, 0.15) is 29.1 Å². The minimum atomic E-state index is -0.407. The third kappa shape index (κ3) is 2.11. The summed E-state index contributed by atoms with van der Waals surface area (Å²) >= 11 is 0. The minimum absolute atomic E-state index is 0.0514. The van der Waals surface area contributed by atoms with E-state index >= 15 is 0 Å². The number of nitrogens with one attached hydrogen (secondary N) is 1. The highest BCUT2D eigenvalue weighted by Crippen LogP contribution is 2.36. The van der Waals surface area contributed by atoms with Gasteiger partial charge in [-0.1, -0.05) is 24.3 Å². The van der Waals surface area contributed by atoms with Gasteiger partial charge in [-0.2, -0.15) is 5.26 Å². The van der Waals surface area contributed by atoms with Gasteiger partial charge in [-0.3, -0.25) is 5.32 Å². The molecule has 1 aromatic carbocycles. The van der Waals surface area contributed by atoms with Crippen LogP contribution in [0.25, 0.3) is 0 Å². The van der Waals surface area contributed by atoms with Crippen LogP contribution in [0.3, 0.4) is 0 Å². The zero-order valence-corrected chi connectivity index (χ0v) is 11.1. The summed E-state index contributed by atoms with van der Waals surface area (Å²) in [6.45, 7) is 0.548. The van der Waals surface area contributed by atoms with Crippen molar-refractivity contribution in [2.75, 3.05) is 6.61 Å². The van der Waals surface area contributed by atoms with Crippen molar-refractivity contribution in [2.24, 2.45) is 0 Å². The Balaban J connectivity index is 1.80. The number of aliphatic hydroxyl groups is 1. The maximum Gasteiger partial charge on any atom is 0.203 e. The lowest BCUT2D eigenvalue weighted by Crippen LogP contribution is -2.43. The summed E-state index contributed by atoms with van der Waals surface area (Å²) in [6.07, 6.45) is 1.83. The number of fused-ring (bicyclic) bond motifs is 1. The lowest BCUT2D eigenvalue weighted by atomic mass is 9.92. The van der Waals surface area contributed by atoms with E-state index in [1.807, 2.05) is 18.2 Å². The number of hydrogen-bond donors (Lipinski definition) is 2. The van der Waals surface area contributed by atoms with E-state index in [2.05, 4.69) is 17.4 Å². The van der Waals surface area contributed by atoms with Gasteiger partial charge in [0.2, 0.25) is 5.76 Å². The molecule has 4 heteroatoms. The maximum absolute atomic E-state index is 9.85. The van der Waals surface area contributed by atoms with Crippen LogP contribution in [0, 0.1) is 11.3 Å². The monoisotopic (exact) mass is 268 g/mol. The third-order valence-electron chi connectivity index (χ3n) is 4.00. The number of rotatable bonds is 4. The molecule has 1 aliphatic rings. The van der Waals surface area contributed by atoms with E-state index in [1.54, 1.807) is 12.1 Å². The lowest BCUT2D eigenvalue weighted by Gasteiger charge is -2.29. The van der Waals surface area contributed by atoms with E-state index in [1.165, 1.54) is 5.56 Å². The fourth-order valence-corrected chi connectivity index (χ4v) is 2.88. The summed E-state index contributed by atoms with van der Waals surface area (Å²) in [5.74, 6) is 1.02. The van der Waals surface area contributed by atoms with Crippen LogP contribution in [-0.2, 0) is 18.5 Å². The first-order valence-corrected chi connectivity index (χ1v) is 6.70. The quantitative estimate of drug-likeness (QED) is 0.890. The van der Waals surface area contributed by atoms with Gasteiger partial charge in [0.1, 0.15) is 11.8 Å². The SMILES string of the molecule is N#Cc1ccc(CNC2(CO)CCc3ccccc32)o1. The van der Waals surface area contributed by atoms with Crippen molar-refractivity contribution in [1.29, 1.82) is 5.26 Å². The van der Waals surface area contributed by atoms with Gasteiger partial charge >= 0.3 is 0 Å². The molecule has 102 valence electrons. The average molecular weight is 268 g/mol. The molecule has 0 radical (unpaired) electrons. The van der Waals surface area contributed by atoms with Crippen LogP contribution in [-0.4, -0.2) is 11.7 Å². The highest BCUT2D eigenvalue weighted by molar-refractivity contribution is 5.39. The predicted molar refractivity (Wildman–Crippen MR) is 73.8 cm³/mol. The number of nitriles is 1. The fourth-order valence-electron chi connectivity index (χ4n) is 2.88. The van der Waals surface area contributed by atoms with Crippen molar-refractivity contribution in [2.45, 2.75) is 24.9 Å². The predicted octanol–water partition coefficient (Wildman–Crippen LogP) is 2.07. The van der Waals surface area contributed by atoms with Crippen LogP contribution in [0.2, 0.25) is 0 Å². The summed E-state index contributed by atoms with van der Waals surface area (Å²) in [6, 6.07) is 13.6. The number of furan rings is 1. The molecular formula is C16H16N2O2. The minimum Gasteiger partial charge on any atom is -0.449 e. The van der Waals surface area contributed by atoms with Gasteiger partial charge in [0.15, 0.2) is 0 Å². The first-order valence-electron chi connectivity index (χ1n) is 6.70. The highest BCUT2D eigenvalue weighted by Gasteiger charge is 2.37. The third-order valence-corrected chi connectivity index (χ3v) is 4.00. The second-order valence-corrected chi connectivity index (χ2v) is 5.13. The molecule has 1 aliphatic carbocycles. The Bertz CT molecular complexity index is 656. The zero-order valence-electron chi connectivity index (χ0n) is 11.1. The smallest absolute Gasteiger partial charge is 0.203 e. The Labute approximate surface area is 117 Å². The molecule has 20 heavy (non-hydrogen) atoms. The highest BCUT2D eigenvalue weighted by atomic mass is 16.3. The standard InChI is InChI=1S/C16H16N2O2/c17-9-13-5-6-14(20-13)10-18-16(11-19)8-7-12-3-1-2-4-15(12)16/h1-6,18-19H,7-8,10-11H2. The Hall–Kier alpha value is -2.09. The van der Waals surface area contributed by atoms with Gasteiger partial charge in [-0.15, -0.1) is 0 Å². The van der Waals surface area contributed by atoms with Crippen LogP contribution in [0.15, 0.2) is 40.8 Å². The number of benzene rings is 1. The normalized spacial score (nSPS) is 20.6. The number of nitrogens with zero attached hydrogens (tertiary/aromatic N) is 1. The Morgan fingerprint density at radius 1 is 1.30 bits per heavy atom. The summed E-state index contributed by atoms with van der Waals surface area (Å²) < 4.78 is 5.36. The van der Waals surface area contributed by atoms with Gasteiger partial charge in [0.25, 0.3) is 0 Å². The molecule has 4 nitrogen and oxygen atoms in total. The second-order valence-electron chi connectivity index (χ2n) is 5.13. The molecule has 0 spiro atoms. The number of aryl methyl sites for hydroxylation is 1.